The molecule has 172 valence electrons. The van der Waals surface area contributed by atoms with Gasteiger partial charge in [0, 0.05) is 39.3 Å². The molecule has 2 unspecified atom stereocenters. The van der Waals surface area contributed by atoms with Gasteiger partial charge in [-0.15, -0.1) is 0 Å². The number of hydrogen-bond acceptors (Lipinski definition) is 8. The van der Waals surface area contributed by atoms with Crippen LogP contribution in [0.25, 0.3) is 11.1 Å². The first-order chi connectivity index (χ1) is 16.0. The average molecular weight is 468 g/mol. The number of nitriles is 1. The zero-order chi connectivity index (χ0) is 22.8. The van der Waals surface area contributed by atoms with Crippen LogP contribution in [0.2, 0.25) is 0 Å². The van der Waals surface area contributed by atoms with Crippen molar-refractivity contribution in [3.05, 3.63) is 60.0 Å². The summed E-state index contributed by atoms with van der Waals surface area (Å²) in [6.07, 6.45) is 0.133. The number of rotatable bonds is 7. The van der Waals surface area contributed by atoms with Crippen LogP contribution in [0.5, 0.6) is 0 Å². The SMILES string of the molecule is N#Cc1ccc(S(=O)(=O)NCCN2CC3CN(Cc4nc5ccccc5o4)CC(C2)O3)cc1. The maximum absolute atomic E-state index is 12.5. The van der Waals surface area contributed by atoms with Gasteiger partial charge in [0.25, 0.3) is 0 Å². The van der Waals surface area contributed by atoms with Crippen molar-refractivity contribution in [3.63, 3.8) is 0 Å². The highest BCUT2D eigenvalue weighted by atomic mass is 32.2. The molecule has 2 saturated heterocycles. The first-order valence-electron chi connectivity index (χ1n) is 10.9. The highest BCUT2D eigenvalue weighted by Gasteiger charge is 2.35. The number of sulfonamides is 1. The summed E-state index contributed by atoms with van der Waals surface area (Å²) >= 11 is 0. The highest BCUT2D eigenvalue weighted by molar-refractivity contribution is 7.89. The summed E-state index contributed by atoms with van der Waals surface area (Å²) < 4.78 is 39.6. The molecule has 0 amide bonds. The maximum Gasteiger partial charge on any atom is 0.240 e. The Balaban J connectivity index is 1.12. The Morgan fingerprint density at radius 1 is 1.03 bits per heavy atom. The standard InChI is InChI=1S/C23H25N5O4S/c24-11-17-5-7-20(8-6-17)33(29,30)25-9-10-27-12-18-14-28(15-19(13-27)31-18)16-23-26-21-3-1-2-4-22(21)32-23/h1-8,18-19,25H,9-10,12-16H2. The zero-order valence-corrected chi connectivity index (χ0v) is 18.9. The molecule has 33 heavy (non-hydrogen) atoms. The fourth-order valence-corrected chi connectivity index (χ4v) is 5.50. The lowest BCUT2D eigenvalue weighted by atomic mass is 10.1. The van der Waals surface area contributed by atoms with Crippen LogP contribution in [-0.2, 0) is 21.3 Å². The van der Waals surface area contributed by atoms with Gasteiger partial charge in [0.1, 0.15) is 5.52 Å². The smallest absolute Gasteiger partial charge is 0.240 e. The topological polar surface area (TPSA) is 112 Å². The van der Waals surface area contributed by atoms with Gasteiger partial charge in [-0.25, -0.2) is 18.1 Å². The summed E-state index contributed by atoms with van der Waals surface area (Å²) in [5.41, 5.74) is 2.10. The third kappa shape index (κ3) is 5.08. The number of hydrogen-bond donors (Lipinski definition) is 1. The molecular weight excluding hydrogens is 442 g/mol. The molecule has 1 aromatic heterocycles. The summed E-state index contributed by atoms with van der Waals surface area (Å²) in [5.74, 6) is 0.713. The van der Waals surface area contributed by atoms with Gasteiger partial charge in [0.15, 0.2) is 5.58 Å². The second-order valence-electron chi connectivity index (χ2n) is 8.44. The van der Waals surface area contributed by atoms with Crippen molar-refractivity contribution in [3.8, 4) is 6.07 Å². The van der Waals surface area contributed by atoms with Crippen LogP contribution in [0, 0.1) is 11.3 Å². The monoisotopic (exact) mass is 467 g/mol. The number of para-hydroxylation sites is 2. The molecule has 5 rings (SSSR count). The number of oxazole rings is 1. The van der Waals surface area contributed by atoms with Crippen molar-refractivity contribution in [2.24, 2.45) is 0 Å². The van der Waals surface area contributed by atoms with Crippen molar-refractivity contribution in [2.75, 3.05) is 39.3 Å². The van der Waals surface area contributed by atoms with Crippen LogP contribution in [-0.4, -0.2) is 74.7 Å². The van der Waals surface area contributed by atoms with Gasteiger partial charge in [-0.3, -0.25) is 9.80 Å². The molecule has 3 aromatic rings. The molecule has 9 nitrogen and oxygen atoms in total. The summed E-state index contributed by atoms with van der Waals surface area (Å²) in [7, 11) is -3.60. The molecule has 0 saturated carbocycles. The molecule has 3 heterocycles. The van der Waals surface area contributed by atoms with E-state index in [-0.39, 0.29) is 17.1 Å². The Morgan fingerprint density at radius 2 is 1.73 bits per heavy atom. The molecule has 1 N–H and O–H groups in total. The number of fused-ring (bicyclic) bond motifs is 3. The number of aromatic nitrogens is 1. The normalized spacial score (nSPS) is 21.8. The summed E-state index contributed by atoms with van der Waals surface area (Å²) in [5, 5.41) is 8.86. The van der Waals surface area contributed by atoms with E-state index in [1.807, 2.05) is 30.3 Å². The summed E-state index contributed by atoms with van der Waals surface area (Å²) in [6, 6.07) is 15.7. The largest absolute Gasteiger partial charge is 0.439 e. The van der Waals surface area contributed by atoms with Crippen molar-refractivity contribution < 1.29 is 17.6 Å². The minimum absolute atomic E-state index is 0.0667. The van der Waals surface area contributed by atoms with Crippen molar-refractivity contribution in [1.82, 2.24) is 19.5 Å². The molecule has 0 spiro atoms. The van der Waals surface area contributed by atoms with Gasteiger partial charge in [0.2, 0.25) is 15.9 Å². The molecule has 2 aromatic carbocycles. The van der Waals surface area contributed by atoms with E-state index in [9.17, 15) is 8.42 Å². The van der Waals surface area contributed by atoms with Crippen LogP contribution in [0.1, 0.15) is 11.5 Å². The van der Waals surface area contributed by atoms with Crippen LogP contribution in [0.4, 0.5) is 0 Å². The van der Waals surface area contributed by atoms with E-state index in [0.29, 0.717) is 31.1 Å². The molecule has 0 radical (unpaired) electrons. The Labute approximate surface area is 192 Å². The maximum atomic E-state index is 12.5. The molecule has 2 fully saturated rings. The Kier molecular flexibility index (Phi) is 6.14. The highest BCUT2D eigenvalue weighted by Crippen LogP contribution is 2.22. The van der Waals surface area contributed by atoms with Gasteiger partial charge in [-0.2, -0.15) is 5.26 Å². The molecule has 2 aliphatic rings. The lowest BCUT2D eigenvalue weighted by Gasteiger charge is -2.45. The minimum atomic E-state index is -3.60. The van der Waals surface area contributed by atoms with Crippen LogP contribution in [0.15, 0.2) is 57.8 Å². The van der Waals surface area contributed by atoms with Crippen molar-refractivity contribution in [2.45, 2.75) is 23.6 Å². The predicted octanol–water partition coefficient (Wildman–Crippen LogP) is 1.56. The van der Waals surface area contributed by atoms with E-state index >= 15 is 0 Å². The van der Waals surface area contributed by atoms with Gasteiger partial charge in [-0.05, 0) is 36.4 Å². The van der Waals surface area contributed by atoms with Gasteiger partial charge in [0.05, 0.1) is 35.3 Å². The molecule has 2 bridgehead atoms. The second-order valence-corrected chi connectivity index (χ2v) is 10.2. The average Bonchev–Trinajstić information content (AvgIpc) is 3.20. The Hall–Kier alpha value is -2.81. The van der Waals surface area contributed by atoms with Gasteiger partial charge in [-0.1, -0.05) is 12.1 Å². The molecule has 2 aliphatic heterocycles. The van der Waals surface area contributed by atoms with E-state index in [0.717, 1.165) is 37.3 Å². The van der Waals surface area contributed by atoms with E-state index in [2.05, 4.69) is 19.5 Å². The third-order valence-electron chi connectivity index (χ3n) is 5.94. The third-order valence-corrected chi connectivity index (χ3v) is 7.42. The quantitative estimate of drug-likeness (QED) is 0.557. The minimum Gasteiger partial charge on any atom is -0.439 e. The first-order valence-corrected chi connectivity index (χ1v) is 12.4. The van der Waals surface area contributed by atoms with Crippen LogP contribution >= 0.6 is 0 Å². The Morgan fingerprint density at radius 3 is 2.42 bits per heavy atom. The van der Waals surface area contributed by atoms with Crippen LogP contribution < -0.4 is 4.72 Å². The van der Waals surface area contributed by atoms with E-state index in [1.165, 1.54) is 24.3 Å². The van der Waals surface area contributed by atoms with Crippen molar-refractivity contribution >= 4 is 21.1 Å². The van der Waals surface area contributed by atoms with Gasteiger partial charge < -0.3 is 9.15 Å². The predicted molar refractivity (Wildman–Crippen MR) is 121 cm³/mol. The van der Waals surface area contributed by atoms with E-state index < -0.39 is 10.0 Å². The first kappa shape index (κ1) is 22.0. The fourth-order valence-electron chi connectivity index (χ4n) is 4.48. The number of morpholine rings is 2. The molecule has 10 heteroatoms. The van der Waals surface area contributed by atoms with E-state index in [4.69, 9.17) is 14.4 Å². The van der Waals surface area contributed by atoms with E-state index in [1.54, 1.807) is 0 Å². The lowest BCUT2D eigenvalue weighted by Crippen LogP contribution is -2.59. The molecule has 0 aliphatic carbocycles. The molecule has 2 atom stereocenters. The number of benzene rings is 2. The van der Waals surface area contributed by atoms with Crippen LogP contribution in [0.3, 0.4) is 0 Å². The van der Waals surface area contributed by atoms with Crippen molar-refractivity contribution in [1.29, 1.82) is 5.26 Å². The number of nitrogens with zero attached hydrogens (tertiary/aromatic N) is 4. The zero-order valence-electron chi connectivity index (χ0n) is 18.1. The second kappa shape index (κ2) is 9.21. The Bertz CT molecular complexity index is 1220. The van der Waals surface area contributed by atoms with Gasteiger partial charge >= 0.3 is 0 Å². The molecular formula is C23H25N5O4S. The number of ether oxygens (including phenoxy) is 1. The summed E-state index contributed by atoms with van der Waals surface area (Å²) in [4.78, 5) is 9.30. The fraction of sp³-hybridized carbons (Fsp3) is 0.391. The summed E-state index contributed by atoms with van der Waals surface area (Å²) in [6.45, 7) is 4.63. The lowest BCUT2D eigenvalue weighted by molar-refractivity contribution is -0.140. The number of nitrogens with one attached hydrogen (secondary N) is 1.